The second kappa shape index (κ2) is 6.24. The van der Waals surface area contributed by atoms with Gasteiger partial charge in [0.15, 0.2) is 12.4 Å². The van der Waals surface area contributed by atoms with Gasteiger partial charge in [0.05, 0.1) is 13.4 Å². The fourth-order valence-electron chi connectivity index (χ4n) is 1.02. The Hall–Kier alpha value is -2.57. The summed E-state index contributed by atoms with van der Waals surface area (Å²) in [6.07, 6.45) is 3.28. The molecule has 1 rings (SSSR count). The largest absolute Gasteiger partial charge is 0.479 e. The Morgan fingerprint density at radius 1 is 1.50 bits per heavy atom. The predicted octanol–water partition coefficient (Wildman–Crippen LogP) is 0.289. The van der Waals surface area contributed by atoms with E-state index in [1.807, 2.05) is 0 Å². The third-order valence-electron chi connectivity index (χ3n) is 1.77. The normalized spacial score (nSPS) is 10.3. The number of ether oxygens (including phenoxy) is 2. The summed E-state index contributed by atoms with van der Waals surface area (Å²) in [7, 11) is 1.19. The number of carbonyl (C=O) groups is 2. The number of hydrogen-bond donors (Lipinski definition) is 1. The molecule has 0 spiro atoms. The molecule has 1 aromatic heterocycles. The van der Waals surface area contributed by atoms with Gasteiger partial charge >= 0.3 is 11.9 Å². The van der Waals surface area contributed by atoms with Crippen LogP contribution in [0.5, 0.6) is 5.75 Å². The molecule has 18 heavy (non-hydrogen) atoms. The molecule has 0 fully saturated rings. The van der Waals surface area contributed by atoms with Crippen LogP contribution in [0.15, 0.2) is 27.6 Å². The van der Waals surface area contributed by atoms with Crippen LogP contribution in [0.4, 0.5) is 0 Å². The lowest BCUT2D eigenvalue weighted by atomic mass is 10.3. The summed E-state index contributed by atoms with van der Waals surface area (Å²) >= 11 is 0. The van der Waals surface area contributed by atoms with Crippen LogP contribution in [0.2, 0.25) is 0 Å². The molecule has 7 nitrogen and oxygen atoms in total. The summed E-state index contributed by atoms with van der Waals surface area (Å²) < 4.78 is 14.1. The summed E-state index contributed by atoms with van der Waals surface area (Å²) in [5, 5.41) is 8.46. The van der Waals surface area contributed by atoms with Gasteiger partial charge in [0.25, 0.3) is 0 Å². The van der Waals surface area contributed by atoms with E-state index in [1.54, 1.807) is 0 Å². The van der Waals surface area contributed by atoms with Crippen LogP contribution >= 0.6 is 0 Å². The minimum atomic E-state index is -1.24. The zero-order chi connectivity index (χ0) is 13.5. The Morgan fingerprint density at radius 2 is 2.22 bits per heavy atom. The molecule has 0 unspecified atom stereocenters. The summed E-state index contributed by atoms with van der Waals surface area (Å²) in [5.41, 5.74) is -0.549. The van der Waals surface area contributed by atoms with Crippen molar-refractivity contribution in [2.45, 2.75) is 0 Å². The van der Waals surface area contributed by atoms with Gasteiger partial charge in [-0.15, -0.1) is 0 Å². The van der Waals surface area contributed by atoms with Crippen LogP contribution in [0, 0.1) is 0 Å². The highest BCUT2D eigenvalue weighted by Crippen LogP contribution is 2.14. The third-order valence-corrected chi connectivity index (χ3v) is 1.77. The lowest BCUT2D eigenvalue weighted by Gasteiger charge is -2.04. The Labute approximate surface area is 101 Å². The van der Waals surface area contributed by atoms with Crippen LogP contribution in [0.1, 0.15) is 5.76 Å². The highest BCUT2D eigenvalue weighted by molar-refractivity contribution is 5.86. The lowest BCUT2D eigenvalue weighted by Crippen LogP contribution is -2.15. The lowest BCUT2D eigenvalue weighted by molar-refractivity contribution is -0.139. The zero-order valence-electron chi connectivity index (χ0n) is 9.41. The molecular weight excluding hydrogens is 244 g/mol. The van der Waals surface area contributed by atoms with Crippen molar-refractivity contribution in [1.29, 1.82) is 0 Å². The second-order valence-corrected chi connectivity index (χ2v) is 3.02. The van der Waals surface area contributed by atoms with Crippen LogP contribution in [-0.2, 0) is 14.3 Å². The van der Waals surface area contributed by atoms with Crippen molar-refractivity contribution in [2.75, 3.05) is 13.7 Å². The van der Waals surface area contributed by atoms with Crippen LogP contribution in [0.3, 0.4) is 0 Å². The molecule has 0 aromatic carbocycles. The third kappa shape index (κ3) is 3.78. The molecule has 1 heterocycles. The van der Waals surface area contributed by atoms with E-state index in [2.05, 4.69) is 4.74 Å². The van der Waals surface area contributed by atoms with Crippen molar-refractivity contribution in [3.8, 4) is 5.75 Å². The first-order valence-electron chi connectivity index (χ1n) is 4.77. The van der Waals surface area contributed by atoms with E-state index in [9.17, 15) is 14.4 Å². The van der Waals surface area contributed by atoms with Crippen molar-refractivity contribution >= 4 is 18.0 Å². The molecule has 0 aliphatic rings. The highest BCUT2D eigenvalue weighted by Gasteiger charge is 2.10. The van der Waals surface area contributed by atoms with E-state index in [1.165, 1.54) is 7.11 Å². The number of rotatable bonds is 5. The molecule has 0 amide bonds. The molecule has 0 aliphatic heterocycles. The Bertz CT molecular complexity index is 526. The summed E-state index contributed by atoms with van der Waals surface area (Å²) in [6, 6.07) is 1.08. The number of methoxy groups -OCH3 is 1. The molecule has 0 radical (unpaired) electrons. The maximum atomic E-state index is 11.4. The molecule has 0 aliphatic carbocycles. The van der Waals surface area contributed by atoms with Crippen molar-refractivity contribution in [3.63, 3.8) is 0 Å². The number of carboxylic acid groups (broad SMARTS) is 1. The monoisotopic (exact) mass is 254 g/mol. The Kier molecular flexibility index (Phi) is 4.67. The maximum Gasteiger partial charge on any atom is 0.341 e. The minimum absolute atomic E-state index is 0.0610. The van der Waals surface area contributed by atoms with Crippen molar-refractivity contribution < 1.29 is 28.6 Å². The number of aliphatic carboxylic acids is 1. The molecule has 96 valence electrons. The maximum absolute atomic E-state index is 11.4. The number of hydrogen-bond acceptors (Lipinski definition) is 6. The first-order chi connectivity index (χ1) is 8.54. The van der Waals surface area contributed by atoms with E-state index in [-0.39, 0.29) is 11.5 Å². The second-order valence-electron chi connectivity index (χ2n) is 3.02. The van der Waals surface area contributed by atoms with Crippen LogP contribution in [-0.4, -0.2) is 30.8 Å². The van der Waals surface area contributed by atoms with E-state index in [4.69, 9.17) is 14.3 Å². The van der Waals surface area contributed by atoms with Gasteiger partial charge < -0.3 is 19.0 Å². The summed E-state index contributed by atoms with van der Waals surface area (Å²) in [6.45, 7) is -0.687. The van der Waals surface area contributed by atoms with Gasteiger partial charge in [-0.25, -0.2) is 9.59 Å². The van der Waals surface area contributed by atoms with Crippen LogP contribution in [0.25, 0.3) is 6.08 Å². The van der Waals surface area contributed by atoms with Crippen LogP contribution < -0.4 is 10.2 Å². The summed E-state index contributed by atoms with van der Waals surface area (Å²) in [4.78, 5) is 32.7. The highest BCUT2D eigenvalue weighted by atomic mass is 16.5. The Balaban J connectivity index is 3.00. The number of esters is 1. The van der Waals surface area contributed by atoms with Crippen molar-refractivity contribution in [3.05, 3.63) is 34.4 Å². The molecule has 0 bridgehead atoms. The van der Waals surface area contributed by atoms with Crippen molar-refractivity contribution in [2.24, 2.45) is 0 Å². The molecule has 1 aromatic rings. The van der Waals surface area contributed by atoms with Gasteiger partial charge in [-0.3, -0.25) is 4.79 Å². The molecule has 0 saturated heterocycles. The molecular formula is C11H10O7. The van der Waals surface area contributed by atoms with Gasteiger partial charge in [-0.1, -0.05) is 0 Å². The average Bonchev–Trinajstić information content (AvgIpc) is 2.34. The van der Waals surface area contributed by atoms with E-state index in [0.29, 0.717) is 0 Å². The molecule has 1 N–H and O–H groups in total. The first-order valence-corrected chi connectivity index (χ1v) is 4.77. The smallest absolute Gasteiger partial charge is 0.341 e. The van der Waals surface area contributed by atoms with E-state index < -0.39 is 24.0 Å². The van der Waals surface area contributed by atoms with Gasteiger partial charge in [0.1, 0.15) is 0 Å². The zero-order valence-corrected chi connectivity index (χ0v) is 9.41. The standard InChI is InChI=1S/C11H10O7/c1-16-10(15)3-2-8-11(18-6-9(13)14)7(12)4-5-17-8/h2-5H,6H2,1H3,(H,13,14). The summed E-state index contributed by atoms with van der Waals surface area (Å²) in [5.74, 6) is -2.22. The van der Waals surface area contributed by atoms with Gasteiger partial charge in [-0.05, 0) is 6.08 Å². The molecule has 0 saturated carbocycles. The number of carboxylic acids is 1. The van der Waals surface area contributed by atoms with Gasteiger partial charge in [0, 0.05) is 12.1 Å². The van der Waals surface area contributed by atoms with E-state index >= 15 is 0 Å². The average molecular weight is 254 g/mol. The van der Waals surface area contributed by atoms with Gasteiger partial charge in [-0.2, -0.15) is 0 Å². The number of carbonyl (C=O) groups excluding carboxylic acids is 1. The fraction of sp³-hybridized carbons (Fsp3) is 0.182. The van der Waals surface area contributed by atoms with Gasteiger partial charge in [0.2, 0.25) is 11.2 Å². The molecule has 0 atom stereocenters. The first kappa shape index (κ1) is 13.5. The predicted molar refractivity (Wildman–Crippen MR) is 59.2 cm³/mol. The molecule has 7 heteroatoms. The SMILES string of the molecule is COC(=O)C=Cc1occc(=O)c1OCC(=O)O. The van der Waals surface area contributed by atoms with Crippen molar-refractivity contribution in [1.82, 2.24) is 0 Å². The topological polar surface area (TPSA) is 103 Å². The quantitative estimate of drug-likeness (QED) is 0.594. The van der Waals surface area contributed by atoms with E-state index in [0.717, 1.165) is 24.5 Å². The minimum Gasteiger partial charge on any atom is -0.479 e. The fourth-order valence-corrected chi connectivity index (χ4v) is 1.02. The Morgan fingerprint density at radius 3 is 2.83 bits per heavy atom.